The Hall–Kier alpha value is -1.99. The maximum absolute atomic E-state index is 11.2. The number of hydrogen-bond donors (Lipinski definition) is 3. The normalized spacial score (nSPS) is 12.1. The largest absolute Gasteiger partial charge is 0.477 e. The first-order valence-electron chi connectivity index (χ1n) is 6.82. The molecule has 0 aliphatic heterocycles. The van der Waals surface area contributed by atoms with Crippen LogP contribution in [0.4, 0.5) is 5.69 Å². The molecule has 7 nitrogen and oxygen atoms in total. The SMILES string of the molecule is CCC(CCO)CNCc1cccc([N+](=O)[O-])c1C(=O)O. The van der Waals surface area contributed by atoms with Crippen LogP contribution in [0.15, 0.2) is 18.2 Å². The summed E-state index contributed by atoms with van der Waals surface area (Å²) in [7, 11) is 0. The van der Waals surface area contributed by atoms with Gasteiger partial charge in [-0.15, -0.1) is 0 Å². The van der Waals surface area contributed by atoms with E-state index in [0.29, 0.717) is 24.4 Å². The van der Waals surface area contributed by atoms with Crippen molar-refractivity contribution in [2.24, 2.45) is 5.92 Å². The summed E-state index contributed by atoms with van der Waals surface area (Å²) in [5, 5.41) is 32.1. The number of benzene rings is 1. The van der Waals surface area contributed by atoms with Gasteiger partial charge in [0, 0.05) is 19.2 Å². The Morgan fingerprint density at radius 3 is 2.71 bits per heavy atom. The molecule has 1 atom stereocenters. The van der Waals surface area contributed by atoms with Crippen molar-refractivity contribution >= 4 is 11.7 Å². The van der Waals surface area contributed by atoms with Crippen LogP contribution in [-0.2, 0) is 6.54 Å². The maximum atomic E-state index is 11.2. The van der Waals surface area contributed by atoms with Crippen molar-refractivity contribution in [1.82, 2.24) is 5.32 Å². The smallest absolute Gasteiger partial charge is 0.343 e. The molecule has 0 aromatic heterocycles. The van der Waals surface area contributed by atoms with E-state index >= 15 is 0 Å². The lowest BCUT2D eigenvalue weighted by Gasteiger charge is -2.15. The average molecular weight is 296 g/mol. The van der Waals surface area contributed by atoms with Crippen LogP contribution >= 0.6 is 0 Å². The molecule has 0 heterocycles. The van der Waals surface area contributed by atoms with Crippen LogP contribution in [0.3, 0.4) is 0 Å². The number of aliphatic hydroxyl groups is 1. The van der Waals surface area contributed by atoms with Crippen molar-refractivity contribution in [1.29, 1.82) is 0 Å². The number of hydrogen-bond acceptors (Lipinski definition) is 5. The highest BCUT2D eigenvalue weighted by molar-refractivity contribution is 5.94. The lowest BCUT2D eigenvalue weighted by molar-refractivity contribution is -0.385. The fourth-order valence-electron chi connectivity index (χ4n) is 2.18. The van der Waals surface area contributed by atoms with Gasteiger partial charge in [0.15, 0.2) is 0 Å². The van der Waals surface area contributed by atoms with Gasteiger partial charge >= 0.3 is 5.97 Å². The monoisotopic (exact) mass is 296 g/mol. The van der Waals surface area contributed by atoms with Gasteiger partial charge < -0.3 is 15.5 Å². The predicted octanol–water partition coefficient (Wildman–Crippen LogP) is 1.79. The molecule has 0 amide bonds. The summed E-state index contributed by atoms with van der Waals surface area (Å²) >= 11 is 0. The fraction of sp³-hybridized carbons (Fsp3) is 0.500. The average Bonchev–Trinajstić information content (AvgIpc) is 2.45. The standard InChI is InChI=1S/C14H20N2O5/c1-2-10(6-7-17)8-15-9-11-4-3-5-12(16(20)21)13(11)14(18)19/h3-5,10,15,17H,2,6-9H2,1H3,(H,18,19). The van der Waals surface area contributed by atoms with Gasteiger partial charge in [-0.25, -0.2) is 4.79 Å². The zero-order chi connectivity index (χ0) is 15.8. The molecular formula is C14H20N2O5. The van der Waals surface area contributed by atoms with Gasteiger partial charge in [-0.2, -0.15) is 0 Å². The molecule has 116 valence electrons. The number of nitro benzene ring substituents is 1. The van der Waals surface area contributed by atoms with Gasteiger partial charge in [0.05, 0.1) is 4.92 Å². The van der Waals surface area contributed by atoms with Gasteiger partial charge in [-0.05, 0) is 24.4 Å². The minimum absolute atomic E-state index is 0.109. The van der Waals surface area contributed by atoms with E-state index in [1.807, 2.05) is 6.92 Å². The zero-order valence-electron chi connectivity index (χ0n) is 11.9. The minimum atomic E-state index is -1.30. The molecule has 1 aromatic rings. The molecule has 0 spiro atoms. The second kappa shape index (κ2) is 8.33. The van der Waals surface area contributed by atoms with Crippen LogP contribution in [0.2, 0.25) is 0 Å². The van der Waals surface area contributed by atoms with E-state index in [2.05, 4.69) is 5.32 Å². The van der Waals surface area contributed by atoms with E-state index in [-0.39, 0.29) is 18.7 Å². The van der Waals surface area contributed by atoms with Crippen molar-refractivity contribution < 1.29 is 19.9 Å². The molecular weight excluding hydrogens is 276 g/mol. The maximum Gasteiger partial charge on any atom is 0.343 e. The second-order valence-corrected chi connectivity index (χ2v) is 4.79. The number of carboxylic acid groups (broad SMARTS) is 1. The Morgan fingerprint density at radius 2 is 2.19 bits per heavy atom. The van der Waals surface area contributed by atoms with Crippen LogP contribution in [0.5, 0.6) is 0 Å². The van der Waals surface area contributed by atoms with Crippen LogP contribution in [-0.4, -0.2) is 34.3 Å². The van der Waals surface area contributed by atoms with Crippen molar-refractivity contribution in [3.8, 4) is 0 Å². The minimum Gasteiger partial charge on any atom is -0.477 e. The summed E-state index contributed by atoms with van der Waals surface area (Å²) in [5.41, 5.74) is -0.287. The van der Waals surface area contributed by atoms with Gasteiger partial charge in [-0.3, -0.25) is 10.1 Å². The Balaban J connectivity index is 2.81. The van der Waals surface area contributed by atoms with Crippen LogP contribution in [0.1, 0.15) is 35.7 Å². The molecule has 1 unspecified atom stereocenters. The first kappa shape index (κ1) is 17.1. The number of nitrogens with one attached hydrogen (secondary N) is 1. The molecule has 0 saturated heterocycles. The highest BCUT2D eigenvalue weighted by Gasteiger charge is 2.23. The molecule has 0 fully saturated rings. The third kappa shape index (κ3) is 4.80. The summed E-state index contributed by atoms with van der Waals surface area (Å²) in [4.78, 5) is 21.4. The Kier molecular flexibility index (Phi) is 6.77. The number of carbonyl (C=O) groups is 1. The number of nitro groups is 1. The molecule has 0 saturated carbocycles. The van der Waals surface area contributed by atoms with Gasteiger partial charge in [0.2, 0.25) is 0 Å². The van der Waals surface area contributed by atoms with Crippen LogP contribution in [0.25, 0.3) is 0 Å². The third-order valence-electron chi connectivity index (χ3n) is 3.40. The van der Waals surface area contributed by atoms with Gasteiger partial charge in [0.1, 0.15) is 5.56 Å². The molecule has 0 radical (unpaired) electrons. The van der Waals surface area contributed by atoms with E-state index in [1.165, 1.54) is 12.1 Å². The summed E-state index contributed by atoms with van der Waals surface area (Å²) < 4.78 is 0. The lowest BCUT2D eigenvalue weighted by atomic mass is 10.0. The molecule has 0 bridgehead atoms. The van der Waals surface area contributed by atoms with Gasteiger partial charge in [0.25, 0.3) is 5.69 Å². The number of nitrogens with zero attached hydrogens (tertiary/aromatic N) is 1. The number of carboxylic acids is 1. The summed E-state index contributed by atoms with van der Waals surface area (Å²) in [6.07, 6.45) is 1.57. The van der Waals surface area contributed by atoms with Crippen LogP contribution in [0, 0.1) is 16.0 Å². The van der Waals surface area contributed by atoms with Crippen molar-refractivity contribution in [2.45, 2.75) is 26.3 Å². The number of aromatic carboxylic acids is 1. The second-order valence-electron chi connectivity index (χ2n) is 4.79. The predicted molar refractivity (Wildman–Crippen MR) is 77.2 cm³/mol. The molecule has 1 aromatic carbocycles. The number of aliphatic hydroxyl groups excluding tert-OH is 1. The highest BCUT2D eigenvalue weighted by atomic mass is 16.6. The quantitative estimate of drug-likeness (QED) is 0.473. The number of rotatable bonds is 9. The molecule has 0 aliphatic rings. The molecule has 7 heteroatoms. The first-order chi connectivity index (χ1) is 10.0. The summed E-state index contributed by atoms with van der Waals surface area (Å²) in [6, 6.07) is 4.23. The Bertz CT molecular complexity index is 504. The van der Waals surface area contributed by atoms with E-state index < -0.39 is 16.6 Å². The van der Waals surface area contributed by atoms with Crippen molar-refractivity contribution in [3.63, 3.8) is 0 Å². The van der Waals surface area contributed by atoms with E-state index in [4.69, 9.17) is 10.2 Å². The van der Waals surface area contributed by atoms with Crippen molar-refractivity contribution in [3.05, 3.63) is 39.4 Å². The summed E-state index contributed by atoms with van der Waals surface area (Å²) in [6.45, 7) is 2.99. The van der Waals surface area contributed by atoms with Crippen molar-refractivity contribution in [2.75, 3.05) is 13.2 Å². The Labute approximate surface area is 122 Å². The van der Waals surface area contributed by atoms with Crippen LogP contribution < -0.4 is 5.32 Å². The lowest BCUT2D eigenvalue weighted by Crippen LogP contribution is -2.24. The Morgan fingerprint density at radius 1 is 1.48 bits per heavy atom. The molecule has 3 N–H and O–H groups in total. The topological polar surface area (TPSA) is 113 Å². The van der Waals surface area contributed by atoms with E-state index in [0.717, 1.165) is 6.42 Å². The highest BCUT2D eigenvalue weighted by Crippen LogP contribution is 2.22. The van der Waals surface area contributed by atoms with Gasteiger partial charge in [-0.1, -0.05) is 25.5 Å². The fourth-order valence-corrected chi connectivity index (χ4v) is 2.18. The van der Waals surface area contributed by atoms with E-state index in [1.54, 1.807) is 6.07 Å². The third-order valence-corrected chi connectivity index (χ3v) is 3.40. The molecule has 1 rings (SSSR count). The van der Waals surface area contributed by atoms with E-state index in [9.17, 15) is 14.9 Å². The molecule has 21 heavy (non-hydrogen) atoms. The summed E-state index contributed by atoms with van der Waals surface area (Å²) in [5.74, 6) is -1.01. The molecule has 0 aliphatic carbocycles. The first-order valence-corrected chi connectivity index (χ1v) is 6.82. The zero-order valence-corrected chi connectivity index (χ0v) is 11.9.